The summed E-state index contributed by atoms with van der Waals surface area (Å²) in [5.41, 5.74) is 15.7. The Morgan fingerprint density at radius 1 is 0.362 bits per heavy atom. The Hall–Kier alpha value is -5.46. The maximum Gasteiger partial charge on any atom is 0.0159 e. The minimum Gasteiger partial charge on any atom is -0.0619 e. The lowest BCUT2D eigenvalue weighted by molar-refractivity contribution is 0.660. The van der Waals surface area contributed by atoms with Crippen LogP contribution in [0.2, 0.25) is 0 Å². The summed E-state index contributed by atoms with van der Waals surface area (Å²) in [5.74, 6) is 0. The van der Waals surface area contributed by atoms with Crippen LogP contribution in [0.15, 0.2) is 146 Å². The SMILES string of the molecule is Cc1cc(C)cc(-c2c3ccccc3c(-c3ccc4c(c3)C(C)(C)c3ccccc3-4)c3cc(-c4ccc5ccccc5c4)ccc23)c1. The summed E-state index contributed by atoms with van der Waals surface area (Å²) in [6.07, 6.45) is 0. The van der Waals surface area contributed by atoms with E-state index in [4.69, 9.17) is 0 Å². The fraction of sp³-hybridized carbons (Fsp3) is 0.106. The van der Waals surface area contributed by atoms with Gasteiger partial charge in [0, 0.05) is 5.41 Å². The first-order valence-corrected chi connectivity index (χ1v) is 16.7. The molecule has 0 unspecified atom stereocenters. The molecule has 224 valence electrons. The topological polar surface area (TPSA) is 0 Å². The average Bonchev–Trinajstić information content (AvgIpc) is 3.32. The molecule has 0 saturated heterocycles. The molecule has 0 N–H and O–H groups in total. The van der Waals surface area contributed by atoms with Crippen LogP contribution < -0.4 is 0 Å². The largest absolute Gasteiger partial charge is 0.0619 e. The van der Waals surface area contributed by atoms with Crippen LogP contribution in [0.4, 0.5) is 0 Å². The van der Waals surface area contributed by atoms with Crippen molar-refractivity contribution in [3.8, 4) is 44.5 Å². The van der Waals surface area contributed by atoms with E-state index < -0.39 is 0 Å². The van der Waals surface area contributed by atoms with Crippen molar-refractivity contribution >= 4 is 32.3 Å². The zero-order chi connectivity index (χ0) is 31.9. The van der Waals surface area contributed by atoms with Crippen molar-refractivity contribution in [3.05, 3.63) is 168 Å². The van der Waals surface area contributed by atoms with E-state index in [1.54, 1.807) is 0 Å². The van der Waals surface area contributed by atoms with Crippen LogP contribution in [-0.2, 0) is 5.41 Å². The van der Waals surface area contributed by atoms with Gasteiger partial charge in [-0.3, -0.25) is 0 Å². The van der Waals surface area contributed by atoms with E-state index in [-0.39, 0.29) is 5.41 Å². The first-order valence-electron chi connectivity index (χ1n) is 16.7. The second-order valence-corrected chi connectivity index (χ2v) is 13.9. The Bertz CT molecular complexity index is 2540. The Labute approximate surface area is 277 Å². The van der Waals surface area contributed by atoms with Crippen molar-refractivity contribution in [2.45, 2.75) is 33.1 Å². The molecule has 0 bridgehead atoms. The van der Waals surface area contributed by atoms with Gasteiger partial charge in [-0.2, -0.15) is 0 Å². The van der Waals surface area contributed by atoms with Crippen LogP contribution in [0.25, 0.3) is 76.8 Å². The van der Waals surface area contributed by atoms with E-state index in [1.165, 1.54) is 99.1 Å². The highest BCUT2D eigenvalue weighted by Gasteiger charge is 2.35. The third kappa shape index (κ3) is 4.29. The number of benzene rings is 8. The zero-order valence-corrected chi connectivity index (χ0v) is 27.4. The third-order valence-electron chi connectivity index (χ3n) is 10.5. The summed E-state index contributed by atoms with van der Waals surface area (Å²) in [5, 5.41) is 7.69. The standard InChI is InChI=1S/C47H36/c1-29-23-30(2)25-36(24-29)46-40-15-8-7-14-39(40)45(35-20-21-38-37-13-9-10-16-43(37)47(3,4)44(38)28-35)42-27-34(19-22-41(42)46)33-18-17-31-11-5-6-12-32(31)26-33/h5-28H,1-4H3. The Kier molecular flexibility index (Phi) is 6.08. The molecule has 47 heavy (non-hydrogen) atoms. The van der Waals surface area contributed by atoms with Crippen molar-refractivity contribution < 1.29 is 0 Å². The minimum absolute atomic E-state index is 0.0666. The fourth-order valence-electron chi connectivity index (χ4n) is 8.33. The van der Waals surface area contributed by atoms with E-state index >= 15 is 0 Å². The summed E-state index contributed by atoms with van der Waals surface area (Å²) in [6.45, 7) is 9.16. The van der Waals surface area contributed by atoms with Gasteiger partial charge < -0.3 is 0 Å². The zero-order valence-electron chi connectivity index (χ0n) is 27.4. The number of fused-ring (bicyclic) bond motifs is 6. The predicted octanol–water partition coefficient (Wildman–Crippen LogP) is 13.1. The normalized spacial score (nSPS) is 13.3. The Balaban J connectivity index is 1.38. The summed E-state index contributed by atoms with van der Waals surface area (Å²) in [7, 11) is 0. The van der Waals surface area contributed by atoms with Crippen LogP contribution in [0, 0.1) is 13.8 Å². The van der Waals surface area contributed by atoms with Crippen molar-refractivity contribution in [1.82, 2.24) is 0 Å². The van der Waals surface area contributed by atoms with Crippen LogP contribution in [-0.4, -0.2) is 0 Å². The van der Waals surface area contributed by atoms with Gasteiger partial charge in [-0.05, 0) is 120 Å². The lowest BCUT2D eigenvalue weighted by Crippen LogP contribution is -2.14. The molecule has 1 aliphatic rings. The lowest BCUT2D eigenvalue weighted by atomic mass is 9.80. The molecular formula is C47H36. The van der Waals surface area contributed by atoms with Crippen LogP contribution >= 0.6 is 0 Å². The first kappa shape index (κ1) is 27.8. The van der Waals surface area contributed by atoms with E-state index in [2.05, 4.69) is 173 Å². The monoisotopic (exact) mass is 600 g/mol. The van der Waals surface area contributed by atoms with E-state index in [1.807, 2.05) is 0 Å². The number of rotatable bonds is 3. The molecule has 8 aromatic carbocycles. The molecule has 0 fully saturated rings. The maximum absolute atomic E-state index is 2.48. The summed E-state index contributed by atoms with van der Waals surface area (Å²) < 4.78 is 0. The highest BCUT2D eigenvalue weighted by Crippen LogP contribution is 2.51. The second kappa shape index (κ2) is 10.3. The summed E-state index contributed by atoms with van der Waals surface area (Å²) in [4.78, 5) is 0. The molecule has 8 aromatic rings. The second-order valence-electron chi connectivity index (χ2n) is 13.9. The molecule has 0 heteroatoms. The smallest absolute Gasteiger partial charge is 0.0159 e. The molecule has 0 heterocycles. The molecule has 0 nitrogen and oxygen atoms in total. The van der Waals surface area contributed by atoms with E-state index in [0.717, 1.165) is 0 Å². The predicted molar refractivity (Wildman–Crippen MR) is 202 cm³/mol. The highest BCUT2D eigenvalue weighted by molar-refractivity contribution is 6.22. The van der Waals surface area contributed by atoms with Gasteiger partial charge in [0.2, 0.25) is 0 Å². The van der Waals surface area contributed by atoms with Crippen molar-refractivity contribution in [3.63, 3.8) is 0 Å². The summed E-state index contributed by atoms with van der Waals surface area (Å²) in [6, 6.07) is 54.7. The Morgan fingerprint density at radius 2 is 0.936 bits per heavy atom. The number of hydrogen-bond acceptors (Lipinski definition) is 0. The lowest BCUT2D eigenvalue weighted by Gasteiger charge is -2.23. The van der Waals surface area contributed by atoms with Gasteiger partial charge in [0.15, 0.2) is 0 Å². The molecule has 9 rings (SSSR count). The number of hydrogen-bond donors (Lipinski definition) is 0. The van der Waals surface area contributed by atoms with E-state index in [9.17, 15) is 0 Å². The van der Waals surface area contributed by atoms with Crippen molar-refractivity contribution in [2.24, 2.45) is 0 Å². The maximum atomic E-state index is 2.48. The van der Waals surface area contributed by atoms with Gasteiger partial charge in [0.1, 0.15) is 0 Å². The van der Waals surface area contributed by atoms with Crippen molar-refractivity contribution in [1.29, 1.82) is 0 Å². The van der Waals surface area contributed by atoms with Gasteiger partial charge in [-0.15, -0.1) is 0 Å². The van der Waals surface area contributed by atoms with Gasteiger partial charge >= 0.3 is 0 Å². The van der Waals surface area contributed by atoms with Crippen LogP contribution in [0.1, 0.15) is 36.1 Å². The fourth-order valence-corrected chi connectivity index (χ4v) is 8.33. The average molecular weight is 601 g/mol. The molecule has 0 aliphatic heterocycles. The first-order chi connectivity index (χ1) is 22.9. The summed E-state index contributed by atoms with van der Waals surface area (Å²) >= 11 is 0. The van der Waals surface area contributed by atoms with Gasteiger partial charge in [-0.1, -0.05) is 152 Å². The molecule has 1 aliphatic carbocycles. The number of aryl methyl sites for hydroxylation is 2. The molecule has 0 radical (unpaired) electrons. The quantitative estimate of drug-likeness (QED) is 0.177. The molecule has 0 amide bonds. The van der Waals surface area contributed by atoms with Gasteiger partial charge in [0.25, 0.3) is 0 Å². The van der Waals surface area contributed by atoms with Gasteiger partial charge in [0.05, 0.1) is 0 Å². The van der Waals surface area contributed by atoms with E-state index in [0.29, 0.717) is 0 Å². The molecule has 0 saturated carbocycles. The Morgan fingerprint density at radius 3 is 1.72 bits per heavy atom. The molecule has 0 spiro atoms. The molecule has 0 atom stereocenters. The van der Waals surface area contributed by atoms with Crippen molar-refractivity contribution in [2.75, 3.05) is 0 Å². The van der Waals surface area contributed by atoms with Crippen LogP contribution in [0.5, 0.6) is 0 Å². The highest BCUT2D eigenvalue weighted by atomic mass is 14.4. The van der Waals surface area contributed by atoms with Gasteiger partial charge in [-0.25, -0.2) is 0 Å². The molecule has 0 aromatic heterocycles. The minimum atomic E-state index is -0.0666. The third-order valence-corrected chi connectivity index (χ3v) is 10.5. The molecular weight excluding hydrogens is 565 g/mol. The van der Waals surface area contributed by atoms with Crippen LogP contribution in [0.3, 0.4) is 0 Å².